The molecule has 0 bridgehead atoms. The second kappa shape index (κ2) is 7.77. The van der Waals surface area contributed by atoms with Crippen LogP contribution in [0.25, 0.3) is 0 Å². The highest BCUT2D eigenvalue weighted by molar-refractivity contribution is 7.99. The maximum atomic E-state index is 11.1. The first kappa shape index (κ1) is 13.6. The highest BCUT2D eigenvalue weighted by atomic mass is 32.2. The van der Waals surface area contributed by atoms with Gasteiger partial charge >= 0.3 is 5.97 Å². The SMILES string of the molecule is CCOC(=O)C#Cc1ccccc1SCOC. The van der Waals surface area contributed by atoms with Crippen LogP contribution in [0.5, 0.6) is 0 Å². The van der Waals surface area contributed by atoms with E-state index in [2.05, 4.69) is 11.8 Å². The molecule has 0 spiro atoms. The minimum Gasteiger partial charge on any atom is -0.456 e. The zero-order chi connectivity index (χ0) is 12.5. The van der Waals surface area contributed by atoms with E-state index < -0.39 is 5.97 Å². The number of carbonyl (C=O) groups excluding carboxylic acids is 1. The maximum Gasteiger partial charge on any atom is 0.384 e. The average Bonchev–Trinajstić information content (AvgIpc) is 2.35. The van der Waals surface area contributed by atoms with E-state index in [0.29, 0.717) is 12.5 Å². The van der Waals surface area contributed by atoms with E-state index in [-0.39, 0.29) is 0 Å². The minimum absolute atomic E-state index is 0.341. The maximum absolute atomic E-state index is 11.1. The van der Waals surface area contributed by atoms with Crippen LogP contribution in [-0.2, 0) is 14.3 Å². The molecule has 0 unspecified atom stereocenters. The van der Waals surface area contributed by atoms with Crippen molar-refractivity contribution in [3.8, 4) is 11.8 Å². The topological polar surface area (TPSA) is 35.5 Å². The summed E-state index contributed by atoms with van der Waals surface area (Å²) in [6, 6.07) is 7.61. The molecular formula is C13H14O3S. The number of benzene rings is 1. The third kappa shape index (κ3) is 4.94. The summed E-state index contributed by atoms with van der Waals surface area (Å²) in [7, 11) is 1.64. The third-order valence-electron chi connectivity index (χ3n) is 1.79. The summed E-state index contributed by atoms with van der Waals surface area (Å²) in [5.41, 5.74) is 0.808. The monoisotopic (exact) mass is 250 g/mol. The predicted octanol–water partition coefficient (Wildman–Crippen LogP) is 2.30. The quantitative estimate of drug-likeness (QED) is 0.355. The molecule has 0 atom stereocenters. The summed E-state index contributed by atoms with van der Waals surface area (Å²) < 4.78 is 9.73. The lowest BCUT2D eigenvalue weighted by Gasteiger charge is -2.02. The number of ether oxygens (including phenoxy) is 2. The molecule has 0 aromatic heterocycles. The summed E-state index contributed by atoms with van der Waals surface area (Å²) >= 11 is 1.54. The molecule has 1 rings (SSSR count). The molecule has 0 heterocycles. The molecule has 90 valence electrons. The fourth-order valence-corrected chi connectivity index (χ4v) is 1.80. The Morgan fingerprint density at radius 2 is 2.18 bits per heavy atom. The van der Waals surface area contributed by atoms with Gasteiger partial charge in [-0.05, 0) is 19.1 Å². The summed E-state index contributed by atoms with van der Waals surface area (Å²) in [6.45, 7) is 2.09. The van der Waals surface area contributed by atoms with Gasteiger partial charge in [-0.3, -0.25) is 0 Å². The molecule has 0 fully saturated rings. The summed E-state index contributed by atoms with van der Waals surface area (Å²) in [5.74, 6) is 5.31. The molecule has 3 nitrogen and oxygen atoms in total. The second-order valence-electron chi connectivity index (χ2n) is 3.02. The van der Waals surface area contributed by atoms with Crippen molar-refractivity contribution in [3.63, 3.8) is 0 Å². The summed E-state index contributed by atoms with van der Waals surface area (Å²) in [4.78, 5) is 12.1. The number of esters is 1. The predicted molar refractivity (Wildman–Crippen MR) is 67.7 cm³/mol. The number of hydrogen-bond donors (Lipinski definition) is 0. The van der Waals surface area contributed by atoms with Crippen LogP contribution in [0.4, 0.5) is 0 Å². The zero-order valence-electron chi connectivity index (χ0n) is 9.86. The summed E-state index contributed by atoms with van der Waals surface area (Å²) in [5, 5.41) is 0. The van der Waals surface area contributed by atoms with Crippen molar-refractivity contribution in [2.75, 3.05) is 19.7 Å². The number of carbonyl (C=O) groups is 1. The minimum atomic E-state index is -0.501. The Hall–Kier alpha value is -1.44. The number of methoxy groups -OCH3 is 1. The molecule has 1 aromatic rings. The van der Waals surface area contributed by atoms with Crippen molar-refractivity contribution in [1.29, 1.82) is 0 Å². The van der Waals surface area contributed by atoms with Crippen LogP contribution in [0, 0.1) is 11.8 Å². The largest absolute Gasteiger partial charge is 0.456 e. The first-order valence-electron chi connectivity index (χ1n) is 5.17. The second-order valence-corrected chi connectivity index (χ2v) is 3.98. The van der Waals surface area contributed by atoms with Crippen molar-refractivity contribution in [1.82, 2.24) is 0 Å². The van der Waals surface area contributed by atoms with Gasteiger partial charge in [0.15, 0.2) is 0 Å². The lowest BCUT2D eigenvalue weighted by atomic mass is 10.2. The highest BCUT2D eigenvalue weighted by Crippen LogP contribution is 2.21. The lowest BCUT2D eigenvalue weighted by molar-refractivity contribution is -0.136. The van der Waals surface area contributed by atoms with E-state index >= 15 is 0 Å². The van der Waals surface area contributed by atoms with Crippen LogP contribution >= 0.6 is 11.8 Å². The average molecular weight is 250 g/mol. The van der Waals surface area contributed by atoms with Gasteiger partial charge in [0.25, 0.3) is 0 Å². The van der Waals surface area contributed by atoms with E-state index in [1.54, 1.807) is 14.0 Å². The molecule has 17 heavy (non-hydrogen) atoms. The molecule has 0 radical (unpaired) electrons. The van der Waals surface area contributed by atoms with Crippen LogP contribution in [0.2, 0.25) is 0 Å². The molecule has 0 N–H and O–H groups in total. The zero-order valence-corrected chi connectivity index (χ0v) is 10.7. The number of thioether (sulfide) groups is 1. The Morgan fingerprint density at radius 1 is 1.41 bits per heavy atom. The van der Waals surface area contributed by atoms with Crippen molar-refractivity contribution in [3.05, 3.63) is 29.8 Å². The number of hydrogen-bond acceptors (Lipinski definition) is 4. The highest BCUT2D eigenvalue weighted by Gasteiger charge is 2.00. The van der Waals surface area contributed by atoms with Crippen molar-refractivity contribution < 1.29 is 14.3 Å². The molecule has 0 saturated carbocycles. The Kier molecular flexibility index (Phi) is 6.23. The van der Waals surface area contributed by atoms with Gasteiger partial charge in [0.1, 0.15) is 0 Å². The molecule has 0 aliphatic heterocycles. The smallest absolute Gasteiger partial charge is 0.384 e. The first-order valence-corrected chi connectivity index (χ1v) is 6.16. The first-order chi connectivity index (χ1) is 8.27. The number of rotatable bonds is 4. The summed E-state index contributed by atoms with van der Waals surface area (Å²) in [6.07, 6.45) is 0. The van der Waals surface area contributed by atoms with E-state index in [1.165, 1.54) is 11.8 Å². The van der Waals surface area contributed by atoms with Gasteiger partial charge < -0.3 is 9.47 Å². The van der Waals surface area contributed by atoms with E-state index in [1.807, 2.05) is 24.3 Å². The van der Waals surface area contributed by atoms with Gasteiger partial charge in [0.2, 0.25) is 0 Å². The molecule has 1 aromatic carbocycles. The molecule has 0 aliphatic carbocycles. The van der Waals surface area contributed by atoms with Crippen LogP contribution in [-0.4, -0.2) is 25.6 Å². The standard InChI is InChI=1S/C13H14O3S/c1-3-16-13(14)9-8-11-6-4-5-7-12(11)17-10-15-2/h4-7H,3,10H2,1-2H3. The van der Waals surface area contributed by atoms with Crippen LogP contribution < -0.4 is 0 Å². The Bertz CT molecular complexity index is 432. The Morgan fingerprint density at radius 3 is 2.88 bits per heavy atom. The molecule has 0 aliphatic rings. The van der Waals surface area contributed by atoms with Crippen molar-refractivity contribution >= 4 is 17.7 Å². The molecule has 0 saturated heterocycles. The van der Waals surface area contributed by atoms with Gasteiger partial charge in [-0.1, -0.05) is 29.8 Å². The van der Waals surface area contributed by atoms with Crippen molar-refractivity contribution in [2.45, 2.75) is 11.8 Å². The molecule has 4 heteroatoms. The Balaban J connectivity index is 2.78. The van der Waals surface area contributed by atoms with Crippen LogP contribution in [0.3, 0.4) is 0 Å². The van der Waals surface area contributed by atoms with Crippen LogP contribution in [0.15, 0.2) is 29.2 Å². The van der Waals surface area contributed by atoms with E-state index in [4.69, 9.17) is 9.47 Å². The van der Waals surface area contributed by atoms with Gasteiger partial charge in [-0.15, -0.1) is 0 Å². The lowest BCUT2D eigenvalue weighted by Crippen LogP contribution is -1.99. The fourth-order valence-electron chi connectivity index (χ4n) is 1.10. The molecule has 0 amide bonds. The third-order valence-corrected chi connectivity index (χ3v) is 2.81. The van der Waals surface area contributed by atoms with Gasteiger partial charge in [0, 0.05) is 23.5 Å². The van der Waals surface area contributed by atoms with Crippen LogP contribution in [0.1, 0.15) is 12.5 Å². The molecular weight excluding hydrogens is 236 g/mol. The van der Waals surface area contributed by atoms with Gasteiger partial charge in [-0.2, -0.15) is 0 Å². The van der Waals surface area contributed by atoms with E-state index in [0.717, 1.165) is 10.5 Å². The fraction of sp³-hybridized carbons (Fsp3) is 0.308. The van der Waals surface area contributed by atoms with E-state index in [9.17, 15) is 4.79 Å². The Labute approximate surface area is 105 Å². The normalized spacial score (nSPS) is 9.29. The van der Waals surface area contributed by atoms with Gasteiger partial charge in [-0.25, -0.2) is 4.79 Å². The van der Waals surface area contributed by atoms with Gasteiger partial charge in [0.05, 0.1) is 12.5 Å². The van der Waals surface area contributed by atoms with Crippen molar-refractivity contribution in [2.24, 2.45) is 0 Å².